The fourth-order valence-electron chi connectivity index (χ4n) is 0.608. The van der Waals surface area contributed by atoms with Crippen LogP contribution in [-0.4, -0.2) is 46.8 Å². The predicted molar refractivity (Wildman–Crippen MR) is 93.0 cm³/mol. The summed E-state index contributed by atoms with van der Waals surface area (Å²) in [7, 11) is 0. The van der Waals surface area contributed by atoms with E-state index in [0.717, 1.165) is 0 Å². The molecule has 22 heavy (non-hydrogen) atoms. The van der Waals surface area contributed by atoms with Gasteiger partial charge in [-0.15, -0.1) is 0 Å². The molecular weight excluding hydrogens is 292 g/mol. The molecule has 0 heterocycles. The summed E-state index contributed by atoms with van der Waals surface area (Å²) in [6, 6.07) is -1.48. The molecule has 2 atom stereocenters. The molecule has 0 amide bonds. The Bertz CT molecular complexity index is 278. The van der Waals surface area contributed by atoms with E-state index in [1.807, 2.05) is 0 Å². The van der Waals surface area contributed by atoms with Crippen molar-refractivity contribution in [2.45, 2.75) is 68.5 Å². The van der Waals surface area contributed by atoms with Gasteiger partial charge < -0.3 is 31.3 Å². The van der Waals surface area contributed by atoms with Crippen LogP contribution in [0.1, 0.15) is 57.8 Å². The summed E-state index contributed by atoms with van der Waals surface area (Å²) in [6.07, 6.45) is 0.847. The van der Waals surface area contributed by atoms with Crippen LogP contribution < -0.4 is 11.5 Å². The van der Waals surface area contributed by atoms with Gasteiger partial charge in [-0.25, -0.2) is 0 Å². The number of carboxylic acids is 2. The second-order valence-electron chi connectivity index (χ2n) is 3.13. The third-order valence-electron chi connectivity index (χ3n) is 1.45. The van der Waals surface area contributed by atoms with E-state index in [0.29, 0.717) is 12.6 Å². The zero-order valence-electron chi connectivity index (χ0n) is 9.11. The highest BCUT2D eigenvalue weighted by Crippen LogP contribution is 1.90. The SMILES string of the molecule is C.C.C.C.C.N[C@H](C=O)CC(=O)O.N[C@H](C=O)CCC(=O)O.[2HH]. The van der Waals surface area contributed by atoms with E-state index in [9.17, 15) is 19.2 Å². The summed E-state index contributed by atoms with van der Waals surface area (Å²) >= 11 is 0. The van der Waals surface area contributed by atoms with Crippen LogP contribution in [0, 0.1) is 0 Å². The minimum Gasteiger partial charge on any atom is -0.481 e. The van der Waals surface area contributed by atoms with Gasteiger partial charge in [-0.2, -0.15) is 0 Å². The molecule has 0 aliphatic rings. The third-order valence-corrected chi connectivity index (χ3v) is 1.45. The van der Waals surface area contributed by atoms with Gasteiger partial charge in [-0.05, 0) is 6.42 Å². The fourth-order valence-corrected chi connectivity index (χ4v) is 0.608. The Kier molecular flexibility index (Phi) is 53.5. The monoisotopic (exact) mass is 331 g/mol. The number of carboxylic acid groups (broad SMARTS) is 2. The molecule has 0 aromatic heterocycles. The van der Waals surface area contributed by atoms with E-state index in [-0.39, 0.29) is 57.8 Å². The Morgan fingerprint density at radius 1 is 0.864 bits per heavy atom. The maximum absolute atomic E-state index is 9.85. The molecule has 0 radical (unpaired) electrons. The maximum Gasteiger partial charge on any atom is 0.305 e. The standard InChI is InChI=1S/C5H9NO3.C4H7NO3.5CH4.H2/c6-4(3-7)1-2-5(8)9;5-3(2-6)1-4(7)8;;;;;;/h3-4H,1-2,6H2,(H,8,9);2-3H,1,5H2,(H,7,8);5*1H4;1H/t4-;3-;;;;;;/m00....../s1/i;;;;;;;1+1. The van der Waals surface area contributed by atoms with E-state index in [4.69, 9.17) is 21.7 Å². The van der Waals surface area contributed by atoms with Gasteiger partial charge in [-0.1, -0.05) is 37.1 Å². The summed E-state index contributed by atoms with van der Waals surface area (Å²) in [5.41, 5.74) is 10.0. The predicted octanol–water partition coefficient (Wildman–Crippen LogP) is 1.79. The smallest absolute Gasteiger partial charge is 0.305 e. The van der Waals surface area contributed by atoms with Gasteiger partial charge in [0, 0.05) is 7.85 Å². The Morgan fingerprint density at radius 3 is 1.41 bits per heavy atom. The van der Waals surface area contributed by atoms with Gasteiger partial charge in [0.05, 0.1) is 18.5 Å². The van der Waals surface area contributed by atoms with Gasteiger partial charge in [0.15, 0.2) is 0 Å². The topological polar surface area (TPSA) is 161 Å². The second kappa shape index (κ2) is 27.5. The molecule has 0 saturated carbocycles. The van der Waals surface area contributed by atoms with Gasteiger partial charge in [0.1, 0.15) is 12.6 Å². The van der Waals surface area contributed by atoms with Crippen molar-refractivity contribution in [1.82, 2.24) is 0 Å². The molecule has 6 N–H and O–H groups in total. The highest BCUT2D eigenvalue weighted by atomic mass is 16.4. The molecular formula is C14H38N2O6. The molecule has 0 spiro atoms. The quantitative estimate of drug-likeness (QED) is 0.513. The number of nitrogens with two attached hydrogens (primary N) is 2. The van der Waals surface area contributed by atoms with E-state index in [1.54, 1.807) is 0 Å². The Morgan fingerprint density at radius 2 is 1.23 bits per heavy atom. The van der Waals surface area contributed by atoms with Crippen LogP contribution in [0.4, 0.5) is 0 Å². The number of aliphatic carboxylic acids is 2. The molecule has 0 aliphatic heterocycles. The first-order chi connectivity index (χ1) is 7.83. The molecule has 0 aliphatic carbocycles. The minimum atomic E-state index is -1.05. The lowest BCUT2D eigenvalue weighted by Gasteiger charge is -1.97. The summed E-state index contributed by atoms with van der Waals surface area (Å²) in [5.74, 6) is -1.98. The average molecular weight is 331 g/mol. The molecule has 0 rings (SSSR count). The highest BCUT2D eigenvalue weighted by molar-refractivity contribution is 5.73. The molecule has 8 heteroatoms. The first-order valence-electron chi connectivity index (χ1n) is 4.68. The van der Waals surface area contributed by atoms with Crippen molar-refractivity contribution < 1.29 is 30.8 Å². The zero-order valence-corrected chi connectivity index (χ0v) is 9.11. The zero-order chi connectivity index (χ0) is 13.8. The minimum absolute atomic E-state index is 0. The first kappa shape index (κ1) is 42.7. The number of rotatable bonds is 7. The molecule has 0 fully saturated rings. The van der Waals surface area contributed by atoms with Crippen molar-refractivity contribution in [1.29, 1.82) is 0 Å². The Labute approximate surface area is 136 Å². The van der Waals surface area contributed by atoms with Crippen molar-refractivity contribution >= 4 is 24.5 Å². The van der Waals surface area contributed by atoms with E-state index < -0.39 is 24.0 Å². The van der Waals surface area contributed by atoms with Crippen LogP contribution in [0.2, 0.25) is 0 Å². The second-order valence-corrected chi connectivity index (χ2v) is 3.13. The Hall–Kier alpha value is -1.80. The van der Waals surface area contributed by atoms with Crippen LogP contribution in [0.25, 0.3) is 0 Å². The highest BCUT2D eigenvalue weighted by Gasteiger charge is 2.04. The molecule has 0 bridgehead atoms. The fraction of sp³-hybridized carbons (Fsp3) is 0.714. The van der Waals surface area contributed by atoms with Crippen molar-refractivity contribution in [3.8, 4) is 0 Å². The lowest BCUT2D eigenvalue weighted by Crippen LogP contribution is -2.24. The largest absolute Gasteiger partial charge is 0.481 e. The average Bonchev–Trinajstić information content (AvgIpc) is 2.25. The summed E-state index contributed by atoms with van der Waals surface area (Å²) in [4.78, 5) is 39.0. The molecule has 0 saturated heterocycles. The molecule has 0 unspecified atom stereocenters. The van der Waals surface area contributed by atoms with Crippen molar-refractivity contribution in [2.24, 2.45) is 11.5 Å². The van der Waals surface area contributed by atoms with Crippen LogP contribution in [0.3, 0.4) is 0 Å². The van der Waals surface area contributed by atoms with Gasteiger partial charge in [0.25, 0.3) is 0 Å². The van der Waals surface area contributed by atoms with Crippen LogP contribution >= 0.6 is 0 Å². The number of carbonyl (C=O) groups excluding carboxylic acids is 2. The van der Waals surface area contributed by atoms with E-state index >= 15 is 0 Å². The van der Waals surface area contributed by atoms with E-state index in [1.165, 1.54) is 0 Å². The lowest BCUT2D eigenvalue weighted by molar-refractivity contribution is -0.138. The maximum atomic E-state index is 9.85. The van der Waals surface area contributed by atoms with Crippen LogP contribution in [-0.2, 0) is 19.2 Å². The van der Waals surface area contributed by atoms with Crippen LogP contribution in [0.5, 0.6) is 0 Å². The lowest BCUT2D eigenvalue weighted by atomic mass is 10.2. The summed E-state index contributed by atoms with van der Waals surface area (Å²) in [5, 5.41) is 16.1. The Balaban J connectivity index is -0.0000000260. The molecule has 0 aromatic carbocycles. The molecule has 8 nitrogen and oxygen atoms in total. The van der Waals surface area contributed by atoms with Crippen LogP contribution in [0.15, 0.2) is 0 Å². The normalized spacial score (nSPS) is 9.73. The number of hydrogen-bond acceptors (Lipinski definition) is 6. The summed E-state index contributed by atoms with van der Waals surface area (Å²) < 4.78 is 0. The first-order valence-corrected chi connectivity index (χ1v) is 4.68. The van der Waals surface area contributed by atoms with Gasteiger partial charge in [0.2, 0.25) is 0 Å². The number of hydrogen-bond donors (Lipinski definition) is 4. The van der Waals surface area contributed by atoms with Crippen molar-refractivity contribution in [3.05, 3.63) is 0 Å². The third kappa shape index (κ3) is 42.9. The number of carbonyl (C=O) groups is 4. The summed E-state index contributed by atoms with van der Waals surface area (Å²) in [6.45, 7) is 0. The van der Waals surface area contributed by atoms with E-state index in [2.05, 4.69) is 0 Å². The molecule has 140 valence electrons. The van der Waals surface area contributed by atoms with Crippen molar-refractivity contribution in [2.75, 3.05) is 0 Å². The van der Waals surface area contributed by atoms with Crippen molar-refractivity contribution in [3.63, 3.8) is 0 Å². The van der Waals surface area contributed by atoms with Gasteiger partial charge in [-0.3, -0.25) is 9.59 Å². The number of aldehydes is 2. The molecule has 0 aromatic rings. The van der Waals surface area contributed by atoms with Gasteiger partial charge >= 0.3 is 11.9 Å².